The van der Waals surface area contributed by atoms with E-state index in [1.54, 1.807) is 11.3 Å². The number of benzene rings is 1. The number of ether oxygens (including phenoxy) is 1. The average molecular weight is 276 g/mol. The van der Waals surface area contributed by atoms with Gasteiger partial charge < -0.3 is 10.5 Å². The van der Waals surface area contributed by atoms with Crippen LogP contribution in [0.4, 0.5) is 5.69 Å². The highest BCUT2D eigenvalue weighted by Crippen LogP contribution is 2.24. The molecule has 0 aliphatic carbocycles. The molecule has 0 unspecified atom stereocenters. The molecule has 2 rings (SSSR count). The minimum absolute atomic E-state index is 0.644. The van der Waals surface area contributed by atoms with Crippen molar-refractivity contribution in [1.29, 1.82) is 0 Å². The van der Waals surface area contributed by atoms with Gasteiger partial charge in [-0.1, -0.05) is 19.9 Å². The highest BCUT2D eigenvalue weighted by molar-refractivity contribution is 7.09. The first-order valence-corrected chi connectivity index (χ1v) is 7.42. The Morgan fingerprint density at radius 2 is 2.21 bits per heavy atom. The molecule has 19 heavy (non-hydrogen) atoms. The fourth-order valence-corrected chi connectivity index (χ4v) is 2.41. The van der Waals surface area contributed by atoms with Crippen LogP contribution >= 0.6 is 11.3 Å². The van der Waals surface area contributed by atoms with E-state index in [0.29, 0.717) is 18.2 Å². The first-order chi connectivity index (χ1) is 9.15. The third-order valence-corrected chi connectivity index (χ3v) is 3.65. The van der Waals surface area contributed by atoms with Crippen LogP contribution in [0.15, 0.2) is 29.8 Å². The van der Waals surface area contributed by atoms with Crippen molar-refractivity contribution in [2.24, 2.45) is 5.92 Å². The van der Waals surface area contributed by atoms with Crippen molar-refractivity contribution in [3.63, 3.8) is 0 Å². The van der Waals surface area contributed by atoms with Gasteiger partial charge in [-0.15, -0.1) is 11.3 Å². The maximum absolute atomic E-state index is 6.03. The Balaban J connectivity index is 1.96. The fourth-order valence-electron chi connectivity index (χ4n) is 1.76. The van der Waals surface area contributed by atoms with Gasteiger partial charge in [0.15, 0.2) is 0 Å². The Hall–Kier alpha value is -1.55. The lowest BCUT2D eigenvalue weighted by Gasteiger charge is -2.11. The molecule has 4 heteroatoms. The van der Waals surface area contributed by atoms with Gasteiger partial charge in [-0.25, -0.2) is 4.98 Å². The molecule has 0 bridgehead atoms. The topological polar surface area (TPSA) is 48.1 Å². The number of rotatable bonds is 6. The predicted octanol–water partition coefficient (Wildman–Crippen LogP) is 3.74. The molecule has 0 saturated carbocycles. The van der Waals surface area contributed by atoms with Gasteiger partial charge in [0.2, 0.25) is 0 Å². The zero-order valence-corrected chi connectivity index (χ0v) is 12.2. The lowest BCUT2D eigenvalue weighted by molar-refractivity contribution is 0.291. The number of nitrogens with zero attached hydrogens (tertiary/aromatic N) is 1. The minimum atomic E-state index is 0.644. The van der Waals surface area contributed by atoms with Crippen LogP contribution in [0.1, 0.15) is 30.8 Å². The summed E-state index contributed by atoms with van der Waals surface area (Å²) in [5, 5.41) is 3.09. The maximum Gasteiger partial charge on any atom is 0.142 e. The molecule has 0 amide bonds. The van der Waals surface area contributed by atoms with Gasteiger partial charge in [-0.2, -0.15) is 0 Å². The summed E-state index contributed by atoms with van der Waals surface area (Å²) in [4.78, 5) is 4.28. The number of hydrogen-bond acceptors (Lipinski definition) is 4. The number of aromatic nitrogens is 1. The summed E-state index contributed by atoms with van der Waals surface area (Å²) in [5.74, 6) is 1.42. The summed E-state index contributed by atoms with van der Waals surface area (Å²) in [6.07, 6.45) is 3.70. The molecule has 0 radical (unpaired) electrons. The summed E-state index contributed by atoms with van der Waals surface area (Å²) < 4.78 is 5.70. The predicted molar refractivity (Wildman–Crippen MR) is 80.7 cm³/mol. The maximum atomic E-state index is 6.03. The molecule has 2 N–H and O–H groups in total. The van der Waals surface area contributed by atoms with Crippen LogP contribution in [0.5, 0.6) is 5.75 Å². The molecule has 2 aromatic rings. The van der Waals surface area contributed by atoms with E-state index >= 15 is 0 Å². The molecule has 0 spiro atoms. The van der Waals surface area contributed by atoms with Gasteiger partial charge in [0.05, 0.1) is 17.3 Å². The summed E-state index contributed by atoms with van der Waals surface area (Å²) in [6.45, 7) is 5.08. The Morgan fingerprint density at radius 1 is 1.37 bits per heavy atom. The summed E-state index contributed by atoms with van der Waals surface area (Å²) >= 11 is 1.66. The molecule has 102 valence electrons. The molecular weight excluding hydrogens is 256 g/mol. The third kappa shape index (κ3) is 4.24. The second kappa shape index (κ2) is 6.57. The second-order valence-electron chi connectivity index (χ2n) is 5.01. The van der Waals surface area contributed by atoms with E-state index in [4.69, 9.17) is 10.5 Å². The van der Waals surface area contributed by atoms with E-state index in [1.165, 1.54) is 5.56 Å². The first-order valence-electron chi connectivity index (χ1n) is 6.54. The van der Waals surface area contributed by atoms with Gasteiger partial charge in [0.25, 0.3) is 0 Å². The standard InChI is InChI=1S/C15H20N2OS/c1-11(2)5-7-18-14-4-3-12(9-13(14)16)10-15-17-6-8-19-15/h3-4,6,8-9,11H,5,7,10,16H2,1-2H3. The molecule has 3 nitrogen and oxygen atoms in total. The zero-order chi connectivity index (χ0) is 13.7. The van der Waals surface area contributed by atoms with E-state index in [9.17, 15) is 0 Å². The monoisotopic (exact) mass is 276 g/mol. The number of hydrogen-bond donors (Lipinski definition) is 1. The van der Waals surface area contributed by atoms with Crippen molar-refractivity contribution in [3.05, 3.63) is 40.3 Å². The third-order valence-electron chi connectivity index (χ3n) is 2.87. The van der Waals surface area contributed by atoms with E-state index < -0.39 is 0 Å². The molecule has 0 fully saturated rings. The highest BCUT2D eigenvalue weighted by atomic mass is 32.1. The minimum Gasteiger partial charge on any atom is -0.491 e. The SMILES string of the molecule is CC(C)CCOc1ccc(Cc2nccs2)cc1N. The Morgan fingerprint density at radius 3 is 2.84 bits per heavy atom. The van der Waals surface area contributed by atoms with Crippen LogP contribution in [0.25, 0.3) is 0 Å². The number of anilines is 1. The van der Waals surface area contributed by atoms with Crippen LogP contribution in [-0.2, 0) is 6.42 Å². The smallest absolute Gasteiger partial charge is 0.142 e. The second-order valence-corrected chi connectivity index (χ2v) is 5.98. The number of nitrogen functional groups attached to an aromatic ring is 1. The van der Waals surface area contributed by atoms with Crippen molar-refractivity contribution in [2.45, 2.75) is 26.7 Å². The van der Waals surface area contributed by atoms with Gasteiger partial charge in [-0.3, -0.25) is 0 Å². The van der Waals surface area contributed by atoms with E-state index in [1.807, 2.05) is 23.7 Å². The van der Waals surface area contributed by atoms with Crippen LogP contribution < -0.4 is 10.5 Å². The lowest BCUT2D eigenvalue weighted by atomic mass is 10.1. The van der Waals surface area contributed by atoms with Crippen LogP contribution in [0.3, 0.4) is 0 Å². The first kappa shape index (κ1) is 13.9. The molecule has 1 aromatic carbocycles. The van der Waals surface area contributed by atoms with E-state index in [-0.39, 0.29) is 0 Å². The molecule has 1 heterocycles. The average Bonchev–Trinajstić information content (AvgIpc) is 2.84. The van der Waals surface area contributed by atoms with Gasteiger partial charge >= 0.3 is 0 Å². The summed E-state index contributed by atoms with van der Waals surface area (Å²) in [6, 6.07) is 5.99. The quantitative estimate of drug-likeness (QED) is 0.818. The van der Waals surface area contributed by atoms with Crippen molar-refractivity contribution in [1.82, 2.24) is 4.98 Å². The van der Waals surface area contributed by atoms with E-state index in [2.05, 4.69) is 24.9 Å². The van der Waals surface area contributed by atoms with Crippen LogP contribution in [-0.4, -0.2) is 11.6 Å². The summed E-state index contributed by atoms with van der Waals surface area (Å²) in [7, 11) is 0. The van der Waals surface area contributed by atoms with Crippen LogP contribution in [0.2, 0.25) is 0 Å². The fraction of sp³-hybridized carbons (Fsp3) is 0.400. The molecule has 0 atom stereocenters. The van der Waals surface area contributed by atoms with Crippen LogP contribution in [0, 0.1) is 5.92 Å². The Bertz CT molecular complexity index is 509. The zero-order valence-electron chi connectivity index (χ0n) is 11.4. The number of thiazole rings is 1. The van der Waals surface area contributed by atoms with Gasteiger partial charge in [-0.05, 0) is 30.0 Å². The highest BCUT2D eigenvalue weighted by Gasteiger charge is 2.05. The molecule has 0 saturated heterocycles. The number of nitrogens with two attached hydrogens (primary N) is 1. The largest absolute Gasteiger partial charge is 0.491 e. The van der Waals surface area contributed by atoms with Crippen molar-refractivity contribution >= 4 is 17.0 Å². The van der Waals surface area contributed by atoms with E-state index in [0.717, 1.165) is 23.6 Å². The normalized spacial score (nSPS) is 10.9. The summed E-state index contributed by atoms with van der Waals surface area (Å²) in [5.41, 5.74) is 7.90. The molecule has 0 aliphatic rings. The molecular formula is C15H20N2OS. The lowest BCUT2D eigenvalue weighted by Crippen LogP contribution is -2.03. The van der Waals surface area contributed by atoms with Crippen molar-refractivity contribution < 1.29 is 4.74 Å². The van der Waals surface area contributed by atoms with Crippen molar-refractivity contribution in [3.8, 4) is 5.75 Å². The molecule has 1 aromatic heterocycles. The molecule has 0 aliphatic heterocycles. The van der Waals surface area contributed by atoms with Gasteiger partial charge in [0, 0.05) is 18.0 Å². The Kier molecular flexibility index (Phi) is 4.80. The van der Waals surface area contributed by atoms with Crippen molar-refractivity contribution in [2.75, 3.05) is 12.3 Å². The Labute approximate surface area is 118 Å². The van der Waals surface area contributed by atoms with Gasteiger partial charge in [0.1, 0.15) is 5.75 Å².